The Hall–Kier alpha value is -2.65. The molecule has 0 atom stereocenters. The van der Waals surface area contributed by atoms with Gasteiger partial charge in [0.05, 0.1) is 16.4 Å². The van der Waals surface area contributed by atoms with Crippen LogP contribution in [0, 0.1) is 10.1 Å². The predicted molar refractivity (Wildman–Crippen MR) is 105 cm³/mol. The molecule has 2 aromatic rings. The monoisotopic (exact) mass is 423 g/mol. The number of carbonyl (C=O) groups excluding carboxylic acids is 1. The van der Waals surface area contributed by atoms with Crippen molar-refractivity contribution in [3.63, 3.8) is 0 Å². The smallest absolute Gasteiger partial charge is 0.293 e. The van der Waals surface area contributed by atoms with Gasteiger partial charge in [-0.3, -0.25) is 14.9 Å². The zero-order valence-corrected chi connectivity index (χ0v) is 16.6. The fraction of sp³-hybridized carbons (Fsp3) is 0.278. The Morgan fingerprint density at radius 2 is 1.82 bits per heavy atom. The summed E-state index contributed by atoms with van der Waals surface area (Å²) in [4.78, 5) is 26.5. The molecule has 0 bridgehead atoms. The number of halogens is 1. The topological polar surface area (TPSA) is 101 Å². The number of nitrogens with zero attached hydrogens (tertiary/aromatic N) is 3. The lowest BCUT2D eigenvalue weighted by molar-refractivity contribution is -0.384. The van der Waals surface area contributed by atoms with Gasteiger partial charge in [-0.25, -0.2) is 8.42 Å². The van der Waals surface area contributed by atoms with E-state index in [2.05, 4.69) is 0 Å². The van der Waals surface area contributed by atoms with Crippen LogP contribution >= 0.6 is 11.6 Å². The summed E-state index contributed by atoms with van der Waals surface area (Å²) in [6.07, 6.45) is 0.991. The molecule has 8 nitrogen and oxygen atoms in total. The molecule has 1 aliphatic rings. The van der Waals surface area contributed by atoms with Crippen LogP contribution in [0.1, 0.15) is 5.56 Å². The molecule has 0 N–H and O–H groups in total. The summed E-state index contributed by atoms with van der Waals surface area (Å²) in [6.45, 7) is 1.20. The Balaban J connectivity index is 1.79. The standard InChI is InChI=1S/C18H18ClN3O5S/c1-28(26,27)15-6-7-16(17(10-15)22(24)25)20-8-9-21(18(23)12-20)11-13-2-4-14(19)5-3-13/h2-7,10H,8-9,11-12H2,1H3. The number of hydrogen-bond donors (Lipinski definition) is 0. The largest absolute Gasteiger partial charge is 0.355 e. The van der Waals surface area contributed by atoms with E-state index in [1.165, 1.54) is 12.1 Å². The van der Waals surface area contributed by atoms with Crippen molar-refractivity contribution in [2.45, 2.75) is 11.4 Å². The number of carbonyl (C=O) groups is 1. The first-order valence-electron chi connectivity index (χ1n) is 8.41. The van der Waals surface area contributed by atoms with Crippen molar-refractivity contribution < 1.29 is 18.1 Å². The molecule has 0 saturated carbocycles. The molecule has 148 valence electrons. The van der Waals surface area contributed by atoms with Gasteiger partial charge in [0.25, 0.3) is 5.69 Å². The maximum Gasteiger partial charge on any atom is 0.293 e. The lowest BCUT2D eigenvalue weighted by atomic mass is 10.1. The highest BCUT2D eigenvalue weighted by atomic mass is 35.5. The Morgan fingerprint density at radius 3 is 2.39 bits per heavy atom. The third kappa shape index (κ3) is 4.42. The highest BCUT2D eigenvalue weighted by molar-refractivity contribution is 7.90. The molecular formula is C18H18ClN3O5S. The number of nitro benzene ring substituents is 1. The predicted octanol–water partition coefficient (Wildman–Crippen LogP) is 2.50. The Labute approximate surface area is 167 Å². The van der Waals surface area contributed by atoms with Gasteiger partial charge >= 0.3 is 0 Å². The van der Waals surface area contributed by atoms with Gasteiger partial charge in [-0.15, -0.1) is 0 Å². The van der Waals surface area contributed by atoms with Crippen LogP contribution in [0.3, 0.4) is 0 Å². The number of nitro groups is 1. The number of amides is 1. The third-order valence-corrected chi connectivity index (χ3v) is 5.88. The minimum atomic E-state index is -3.57. The van der Waals surface area contributed by atoms with Crippen LogP contribution in [-0.2, 0) is 21.2 Å². The summed E-state index contributed by atoms with van der Waals surface area (Å²) in [7, 11) is -3.57. The number of anilines is 1. The first-order chi connectivity index (χ1) is 13.1. The Morgan fingerprint density at radius 1 is 1.14 bits per heavy atom. The zero-order chi connectivity index (χ0) is 20.5. The molecule has 1 aliphatic heterocycles. The van der Waals surface area contributed by atoms with Gasteiger partial charge in [-0.05, 0) is 29.8 Å². The molecule has 1 amide bonds. The number of benzene rings is 2. The molecule has 2 aromatic carbocycles. The number of sulfone groups is 1. The van der Waals surface area contributed by atoms with Crippen LogP contribution in [0.5, 0.6) is 0 Å². The van der Waals surface area contributed by atoms with Crippen LogP contribution in [0.25, 0.3) is 0 Å². The van der Waals surface area contributed by atoms with Crippen LogP contribution < -0.4 is 4.90 Å². The van der Waals surface area contributed by atoms with E-state index >= 15 is 0 Å². The second kappa shape index (κ2) is 7.76. The van der Waals surface area contributed by atoms with E-state index in [9.17, 15) is 23.3 Å². The van der Waals surface area contributed by atoms with E-state index in [0.29, 0.717) is 24.7 Å². The minimum Gasteiger partial charge on any atom is -0.355 e. The lowest BCUT2D eigenvalue weighted by Crippen LogP contribution is -2.50. The molecule has 0 spiro atoms. The molecule has 0 radical (unpaired) electrons. The Bertz CT molecular complexity index is 1020. The summed E-state index contributed by atoms with van der Waals surface area (Å²) in [5.41, 5.74) is 0.841. The highest BCUT2D eigenvalue weighted by Gasteiger charge is 2.29. The van der Waals surface area contributed by atoms with Crippen molar-refractivity contribution in [2.75, 3.05) is 30.8 Å². The summed E-state index contributed by atoms with van der Waals surface area (Å²) < 4.78 is 23.4. The fourth-order valence-corrected chi connectivity index (χ4v) is 3.81. The fourth-order valence-electron chi connectivity index (χ4n) is 3.04. The lowest BCUT2D eigenvalue weighted by Gasteiger charge is -2.35. The number of hydrogen-bond acceptors (Lipinski definition) is 6. The second-order valence-corrected chi connectivity index (χ2v) is 9.00. The molecule has 0 aromatic heterocycles. The van der Waals surface area contributed by atoms with Crippen molar-refractivity contribution in [1.82, 2.24) is 4.90 Å². The van der Waals surface area contributed by atoms with Crippen molar-refractivity contribution >= 4 is 38.7 Å². The maximum atomic E-state index is 12.5. The first kappa shape index (κ1) is 20.1. The summed E-state index contributed by atoms with van der Waals surface area (Å²) in [5.74, 6) is -0.164. The zero-order valence-electron chi connectivity index (χ0n) is 15.0. The van der Waals surface area contributed by atoms with Crippen LogP contribution in [0.4, 0.5) is 11.4 Å². The number of piperazine rings is 1. The molecule has 0 unspecified atom stereocenters. The first-order valence-corrected chi connectivity index (χ1v) is 10.7. The van der Waals surface area contributed by atoms with Crippen molar-refractivity contribution in [3.05, 3.63) is 63.2 Å². The summed E-state index contributed by atoms with van der Waals surface area (Å²) in [6, 6.07) is 10.9. The third-order valence-electron chi connectivity index (χ3n) is 4.52. The van der Waals surface area contributed by atoms with E-state index in [1.807, 2.05) is 12.1 Å². The van der Waals surface area contributed by atoms with Crippen molar-refractivity contribution in [1.29, 1.82) is 0 Å². The van der Waals surface area contributed by atoms with Crippen molar-refractivity contribution in [2.24, 2.45) is 0 Å². The molecule has 1 saturated heterocycles. The minimum absolute atomic E-state index is 0.0212. The quantitative estimate of drug-likeness (QED) is 0.541. The maximum absolute atomic E-state index is 12.5. The van der Waals surface area contributed by atoms with Gasteiger partial charge in [0.2, 0.25) is 5.91 Å². The second-order valence-electron chi connectivity index (χ2n) is 6.54. The van der Waals surface area contributed by atoms with Gasteiger partial charge < -0.3 is 9.80 Å². The average Bonchev–Trinajstić information content (AvgIpc) is 2.64. The van der Waals surface area contributed by atoms with Gasteiger partial charge in [0.15, 0.2) is 9.84 Å². The Kier molecular flexibility index (Phi) is 5.57. The van der Waals surface area contributed by atoms with Crippen molar-refractivity contribution in [3.8, 4) is 0 Å². The van der Waals surface area contributed by atoms with Gasteiger partial charge in [0.1, 0.15) is 5.69 Å². The molecule has 1 fully saturated rings. The van der Waals surface area contributed by atoms with E-state index < -0.39 is 14.8 Å². The van der Waals surface area contributed by atoms with Crippen LogP contribution in [0.2, 0.25) is 5.02 Å². The van der Waals surface area contributed by atoms with Gasteiger partial charge in [0, 0.05) is 37.0 Å². The molecule has 28 heavy (non-hydrogen) atoms. The summed E-state index contributed by atoms with van der Waals surface area (Å²) in [5, 5.41) is 12.1. The molecule has 0 aliphatic carbocycles. The normalized spacial score (nSPS) is 15.0. The van der Waals surface area contributed by atoms with E-state index in [4.69, 9.17) is 11.6 Å². The molecule has 1 heterocycles. The highest BCUT2D eigenvalue weighted by Crippen LogP contribution is 2.31. The molecular weight excluding hydrogens is 406 g/mol. The molecule has 3 rings (SSSR count). The van der Waals surface area contributed by atoms with Crippen LogP contribution in [-0.4, -0.2) is 50.0 Å². The van der Waals surface area contributed by atoms with E-state index in [1.54, 1.807) is 21.9 Å². The SMILES string of the molecule is CS(=O)(=O)c1ccc(N2CCN(Cc3ccc(Cl)cc3)C(=O)C2)c([N+](=O)[O-])c1. The van der Waals surface area contributed by atoms with E-state index in [-0.39, 0.29) is 28.7 Å². The molecule has 10 heteroatoms. The van der Waals surface area contributed by atoms with Crippen LogP contribution in [0.15, 0.2) is 47.4 Å². The van der Waals surface area contributed by atoms with Gasteiger partial charge in [-0.1, -0.05) is 23.7 Å². The van der Waals surface area contributed by atoms with E-state index in [0.717, 1.165) is 17.9 Å². The summed E-state index contributed by atoms with van der Waals surface area (Å²) >= 11 is 5.87. The average molecular weight is 424 g/mol. The van der Waals surface area contributed by atoms with Gasteiger partial charge in [-0.2, -0.15) is 0 Å². The number of rotatable bonds is 5.